The van der Waals surface area contributed by atoms with E-state index in [4.69, 9.17) is 4.98 Å². The highest BCUT2D eigenvalue weighted by Gasteiger charge is 2.41. The average Bonchev–Trinajstić information content (AvgIpc) is 2.91. The predicted molar refractivity (Wildman–Crippen MR) is 64.3 cm³/mol. The molecule has 82 valence electrons. The van der Waals surface area contributed by atoms with Gasteiger partial charge in [-0.05, 0) is 37.5 Å². The summed E-state index contributed by atoms with van der Waals surface area (Å²) in [6, 6.07) is 0. The molecule has 1 aromatic heterocycles. The second-order valence-electron chi connectivity index (χ2n) is 5.21. The molecule has 15 heavy (non-hydrogen) atoms. The summed E-state index contributed by atoms with van der Waals surface area (Å²) in [7, 11) is 0. The average molecular weight is 221 g/mol. The monoisotopic (exact) mass is 221 g/mol. The molecule has 2 aliphatic rings. The van der Waals surface area contributed by atoms with Crippen molar-refractivity contribution in [2.45, 2.75) is 51.4 Å². The van der Waals surface area contributed by atoms with E-state index in [-0.39, 0.29) is 0 Å². The SMILES string of the molecule is CCCc1csc(C2CC3CCC2C3)n1. The van der Waals surface area contributed by atoms with Gasteiger partial charge in [-0.3, -0.25) is 0 Å². The van der Waals surface area contributed by atoms with Crippen molar-refractivity contribution in [3.8, 4) is 0 Å². The van der Waals surface area contributed by atoms with Gasteiger partial charge in [-0.1, -0.05) is 19.8 Å². The number of hydrogen-bond donors (Lipinski definition) is 0. The van der Waals surface area contributed by atoms with Gasteiger partial charge in [-0.15, -0.1) is 11.3 Å². The molecule has 0 radical (unpaired) electrons. The fourth-order valence-corrected chi connectivity index (χ4v) is 4.47. The van der Waals surface area contributed by atoms with Crippen molar-refractivity contribution in [1.29, 1.82) is 0 Å². The molecule has 2 saturated carbocycles. The number of nitrogens with zero attached hydrogens (tertiary/aromatic N) is 1. The maximum absolute atomic E-state index is 4.82. The molecule has 0 amide bonds. The Bertz CT molecular complexity index is 344. The molecule has 0 aliphatic heterocycles. The number of aromatic nitrogens is 1. The Labute approximate surface area is 95.9 Å². The van der Waals surface area contributed by atoms with Gasteiger partial charge in [0.15, 0.2) is 0 Å². The van der Waals surface area contributed by atoms with Crippen LogP contribution in [0.1, 0.15) is 55.6 Å². The van der Waals surface area contributed by atoms with Gasteiger partial charge >= 0.3 is 0 Å². The zero-order valence-electron chi connectivity index (χ0n) is 9.41. The van der Waals surface area contributed by atoms with E-state index in [2.05, 4.69) is 12.3 Å². The van der Waals surface area contributed by atoms with Crippen LogP contribution in [0.2, 0.25) is 0 Å². The van der Waals surface area contributed by atoms with Crippen LogP contribution in [-0.4, -0.2) is 4.98 Å². The highest BCUT2D eigenvalue weighted by Crippen LogP contribution is 2.53. The van der Waals surface area contributed by atoms with Crippen LogP contribution in [-0.2, 0) is 6.42 Å². The molecule has 2 fully saturated rings. The lowest BCUT2D eigenvalue weighted by Crippen LogP contribution is -2.08. The minimum Gasteiger partial charge on any atom is -0.246 e. The van der Waals surface area contributed by atoms with Crippen molar-refractivity contribution in [3.63, 3.8) is 0 Å². The molecule has 3 unspecified atom stereocenters. The van der Waals surface area contributed by atoms with E-state index in [0.717, 1.165) is 24.2 Å². The first-order valence-corrected chi connectivity index (χ1v) is 7.19. The molecule has 0 aromatic carbocycles. The van der Waals surface area contributed by atoms with Crippen molar-refractivity contribution >= 4 is 11.3 Å². The van der Waals surface area contributed by atoms with Crippen molar-refractivity contribution in [2.75, 3.05) is 0 Å². The van der Waals surface area contributed by atoms with Crippen LogP contribution in [0, 0.1) is 11.8 Å². The fraction of sp³-hybridized carbons (Fsp3) is 0.769. The summed E-state index contributed by atoms with van der Waals surface area (Å²) in [5.74, 6) is 2.86. The van der Waals surface area contributed by atoms with Crippen LogP contribution >= 0.6 is 11.3 Å². The van der Waals surface area contributed by atoms with Crippen LogP contribution in [0.4, 0.5) is 0 Å². The molecule has 2 heteroatoms. The van der Waals surface area contributed by atoms with Crippen molar-refractivity contribution < 1.29 is 0 Å². The number of thiazole rings is 1. The lowest BCUT2D eigenvalue weighted by Gasteiger charge is -2.18. The fourth-order valence-electron chi connectivity index (χ4n) is 3.41. The van der Waals surface area contributed by atoms with Gasteiger partial charge in [0.25, 0.3) is 0 Å². The minimum atomic E-state index is 0.833. The Kier molecular flexibility index (Phi) is 2.55. The van der Waals surface area contributed by atoms with Crippen molar-refractivity contribution in [3.05, 3.63) is 16.1 Å². The van der Waals surface area contributed by atoms with Crippen LogP contribution in [0.15, 0.2) is 5.38 Å². The first-order valence-electron chi connectivity index (χ1n) is 6.31. The first-order chi connectivity index (χ1) is 7.36. The van der Waals surface area contributed by atoms with Gasteiger partial charge in [-0.25, -0.2) is 4.98 Å². The zero-order chi connectivity index (χ0) is 10.3. The Morgan fingerprint density at radius 3 is 3.00 bits per heavy atom. The summed E-state index contributed by atoms with van der Waals surface area (Å²) in [6.45, 7) is 2.23. The highest BCUT2D eigenvalue weighted by molar-refractivity contribution is 7.09. The maximum atomic E-state index is 4.82. The smallest absolute Gasteiger partial charge is 0.0962 e. The van der Waals surface area contributed by atoms with Gasteiger partial charge < -0.3 is 0 Å². The lowest BCUT2D eigenvalue weighted by molar-refractivity contribution is 0.418. The normalized spacial score (nSPS) is 33.8. The number of aryl methyl sites for hydroxylation is 1. The van der Waals surface area contributed by atoms with E-state index < -0.39 is 0 Å². The Morgan fingerprint density at radius 1 is 1.40 bits per heavy atom. The lowest BCUT2D eigenvalue weighted by atomic mass is 9.89. The molecule has 1 aromatic rings. The molecule has 0 saturated heterocycles. The molecule has 0 spiro atoms. The summed E-state index contributed by atoms with van der Waals surface area (Å²) in [4.78, 5) is 4.82. The summed E-state index contributed by atoms with van der Waals surface area (Å²) < 4.78 is 0. The van der Waals surface area contributed by atoms with E-state index in [1.54, 1.807) is 0 Å². The van der Waals surface area contributed by atoms with Crippen molar-refractivity contribution in [2.24, 2.45) is 11.8 Å². The van der Waals surface area contributed by atoms with Crippen LogP contribution in [0.5, 0.6) is 0 Å². The first kappa shape index (κ1) is 9.83. The highest BCUT2D eigenvalue weighted by atomic mass is 32.1. The molecule has 3 atom stereocenters. The molecule has 2 aliphatic carbocycles. The second-order valence-corrected chi connectivity index (χ2v) is 6.10. The van der Waals surface area contributed by atoms with Crippen LogP contribution < -0.4 is 0 Å². The minimum absolute atomic E-state index is 0.833. The Balaban J connectivity index is 1.75. The quantitative estimate of drug-likeness (QED) is 0.752. The van der Waals surface area contributed by atoms with E-state index in [1.165, 1.54) is 42.8 Å². The van der Waals surface area contributed by atoms with Gasteiger partial charge in [0.2, 0.25) is 0 Å². The largest absolute Gasteiger partial charge is 0.246 e. The van der Waals surface area contributed by atoms with Crippen molar-refractivity contribution in [1.82, 2.24) is 4.98 Å². The van der Waals surface area contributed by atoms with E-state index in [0.29, 0.717) is 0 Å². The molecular weight excluding hydrogens is 202 g/mol. The molecular formula is C13H19NS. The number of rotatable bonds is 3. The van der Waals surface area contributed by atoms with Gasteiger partial charge in [-0.2, -0.15) is 0 Å². The molecule has 3 rings (SSSR count). The topological polar surface area (TPSA) is 12.9 Å². The summed E-state index contributed by atoms with van der Waals surface area (Å²) >= 11 is 1.92. The van der Waals surface area contributed by atoms with Gasteiger partial charge in [0.1, 0.15) is 0 Å². The maximum Gasteiger partial charge on any atom is 0.0962 e. The molecule has 1 heterocycles. The molecule has 2 bridgehead atoms. The Morgan fingerprint density at radius 2 is 2.33 bits per heavy atom. The summed E-state index contributed by atoms with van der Waals surface area (Å²) in [6.07, 6.45) is 8.28. The third-order valence-electron chi connectivity index (χ3n) is 4.13. The third kappa shape index (κ3) is 1.73. The predicted octanol–water partition coefficient (Wildman–Crippen LogP) is 4.00. The standard InChI is InChI=1S/C13H19NS/c1-2-3-11-8-15-13(14-11)12-7-9-4-5-10(12)6-9/h8-10,12H,2-7H2,1H3. The second kappa shape index (κ2) is 3.89. The number of hydrogen-bond acceptors (Lipinski definition) is 2. The summed E-state index contributed by atoms with van der Waals surface area (Å²) in [5, 5.41) is 3.73. The van der Waals surface area contributed by atoms with E-state index in [1.807, 2.05) is 11.3 Å². The van der Waals surface area contributed by atoms with E-state index in [9.17, 15) is 0 Å². The Hall–Kier alpha value is -0.370. The van der Waals surface area contributed by atoms with Crippen LogP contribution in [0.25, 0.3) is 0 Å². The van der Waals surface area contributed by atoms with Crippen LogP contribution in [0.3, 0.4) is 0 Å². The third-order valence-corrected chi connectivity index (χ3v) is 5.16. The van der Waals surface area contributed by atoms with E-state index >= 15 is 0 Å². The van der Waals surface area contributed by atoms with Gasteiger partial charge in [0, 0.05) is 11.3 Å². The summed E-state index contributed by atoms with van der Waals surface area (Å²) in [5.41, 5.74) is 1.33. The van der Waals surface area contributed by atoms with Gasteiger partial charge in [0.05, 0.1) is 10.7 Å². The number of fused-ring (bicyclic) bond motifs is 2. The molecule has 0 N–H and O–H groups in total. The molecule has 1 nitrogen and oxygen atoms in total. The zero-order valence-corrected chi connectivity index (χ0v) is 10.2.